The summed E-state index contributed by atoms with van der Waals surface area (Å²) in [6.45, 7) is 2.06. The molecule has 0 unspecified atom stereocenters. The molecular weight excluding hydrogens is 224 g/mol. The Bertz CT molecular complexity index is 418. The summed E-state index contributed by atoms with van der Waals surface area (Å²) in [5.74, 6) is 0.320. The van der Waals surface area contributed by atoms with Crippen LogP contribution in [0.2, 0.25) is 0 Å². The van der Waals surface area contributed by atoms with Crippen molar-refractivity contribution in [2.75, 3.05) is 13.2 Å². The molecule has 0 aromatic heterocycles. The van der Waals surface area contributed by atoms with Crippen LogP contribution in [0.4, 0.5) is 0 Å². The number of ether oxygens (including phenoxy) is 2. The number of rotatable bonds is 6. The highest BCUT2D eigenvalue weighted by molar-refractivity contribution is 5.80. The molecule has 3 N–H and O–H groups in total. The first-order chi connectivity index (χ1) is 8.17. The fourth-order valence-corrected chi connectivity index (χ4v) is 1.21. The number of nitrogens with zero attached hydrogens (tertiary/aromatic N) is 1. The highest BCUT2D eigenvalue weighted by atomic mass is 16.5. The molecule has 0 spiro atoms. The van der Waals surface area contributed by atoms with E-state index in [-0.39, 0.29) is 6.61 Å². The van der Waals surface area contributed by atoms with E-state index in [2.05, 4.69) is 5.16 Å². The van der Waals surface area contributed by atoms with E-state index in [9.17, 15) is 4.79 Å². The van der Waals surface area contributed by atoms with Crippen LogP contribution in [0, 0.1) is 0 Å². The van der Waals surface area contributed by atoms with Crippen molar-refractivity contribution in [1.29, 1.82) is 0 Å². The lowest BCUT2D eigenvalue weighted by atomic mass is 10.2. The van der Waals surface area contributed by atoms with E-state index in [4.69, 9.17) is 20.4 Å². The average Bonchev–Trinajstić information content (AvgIpc) is 2.28. The maximum absolute atomic E-state index is 10.6. The molecular formula is C11H14N2O4. The number of hydrogen-bond donors (Lipinski definition) is 2. The number of amides is 1. The summed E-state index contributed by atoms with van der Waals surface area (Å²) in [7, 11) is 0. The zero-order chi connectivity index (χ0) is 12.7. The molecule has 92 valence electrons. The minimum Gasteiger partial charge on any atom is -0.490 e. The third kappa shape index (κ3) is 4.02. The Balaban J connectivity index is 2.90. The number of primary amides is 1. The normalized spacial score (nSPS) is 10.4. The minimum absolute atomic E-state index is 0.215. The van der Waals surface area contributed by atoms with Crippen molar-refractivity contribution in [2.24, 2.45) is 10.9 Å². The zero-order valence-corrected chi connectivity index (χ0v) is 9.42. The van der Waals surface area contributed by atoms with Crippen LogP contribution in [0.5, 0.6) is 11.5 Å². The molecule has 0 saturated heterocycles. The van der Waals surface area contributed by atoms with Gasteiger partial charge in [-0.3, -0.25) is 4.79 Å². The molecule has 0 bridgehead atoms. The summed E-state index contributed by atoms with van der Waals surface area (Å²) in [6.07, 6.45) is 1.26. The summed E-state index contributed by atoms with van der Waals surface area (Å²) in [4.78, 5) is 10.6. The van der Waals surface area contributed by atoms with Crippen molar-refractivity contribution in [2.45, 2.75) is 6.92 Å². The van der Waals surface area contributed by atoms with Gasteiger partial charge in [0.25, 0.3) is 5.91 Å². The van der Waals surface area contributed by atoms with Gasteiger partial charge in [0.15, 0.2) is 18.1 Å². The zero-order valence-electron chi connectivity index (χ0n) is 9.42. The molecule has 6 heteroatoms. The molecule has 17 heavy (non-hydrogen) atoms. The third-order valence-electron chi connectivity index (χ3n) is 1.84. The molecule has 0 aliphatic heterocycles. The van der Waals surface area contributed by atoms with Crippen LogP contribution in [-0.4, -0.2) is 30.5 Å². The maximum atomic E-state index is 10.6. The van der Waals surface area contributed by atoms with Gasteiger partial charge in [0, 0.05) is 5.56 Å². The SMILES string of the molecule is CCOc1cc(C=NO)ccc1OCC(N)=O. The van der Waals surface area contributed by atoms with Crippen molar-refractivity contribution in [3.63, 3.8) is 0 Å². The van der Waals surface area contributed by atoms with E-state index >= 15 is 0 Å². The highest BCUT2D eigenvalue weighted by Gasteiger charge is 2.07. The van der Waals surface area contributed by atoms with Crippen LogP contribution in [-0.2, 0) is 4.79 Å². The predicted molar refractivity (Wildman–Crippen MR) is 61.7 cm³/mol. The molecule has 1 amide bonds. The Hall–Kier alpha value is -2.24. The number of oxime groups is 1. The Kier molecular flexibility index (Phi) is 4.80. The standard InChI is InChI=1S/C11H14N2O4/c1-2-16-10-5-8(6-13-15)3-4-9(10)17-7-11(12)14/h3-6,15H,2,7H2,1H3,(H2,12,14). The number of carbonyl (C=O) groups is 1. The summed E-state index contributed by atoms with van der Waals surface area (Å²) in [5.41, 5.74) is 5.64. The molecule has 0 aliphatic carbocycles. The van der Waals surface area contributed by atoms with Gasteiger partial charge in [-0.15, -0.1) is 0 Å². The topological polar surface area (TPSA) is 94.1 Å². The molecule has 0 radical (unpaired) electrons. The number of benzene rings is 1. The number of nitrogens with two attached hydrogens (primary N) is 1. The molecule has 0 saturated carbocycles. The van der Waals surface area contributed by atoms with Crippen LogP contribution in [0.1, 0.15) is 12.5 Å². The first-order valence-electron chi connectivity index (χ1n) is 5.02. The number of hydrogen-bond acceptors (Lipinski definition) is 5. The van der Waals surface area contributed by atoms with E-state index in [1.165, 1.54) is 6.21 Å². The Morgan fingerprint density at radius 3 is 2.82 bits per heavy atom. The second-order valence-corrected chi connectivity index (χ2v) is 3.14. The summed E-state index contributed by atoms with van der Waals surface area (Å²) in [5, 5.41) is 11.3. The monoisotopic (exact) mass is 238 g/mol. The minimum atomic E-state index is -0.562. The molecule has 1 aromatic carbocycles. The van der Waals surface area contributed by atoms with Gasteiger partial charge in [-0.2, -0.15) is 0 Å². The third-order valence-corrected chi connectivity index (χ3v) is 1.84. The molecule has 0 atom stereocenters. The molecule has 1 aromatic rings. The fourth-order valence-electron chi connectivity index (χ4n) is 1.21. The van der Waals surface area contributed by atoms with Gasteiger partial charge in [-0.25, -0.2) is 0 Å². The van der Waals surface area contributed by atoms with E-state index in [1.807, 2.05) is 6.92 Å². The molecule has 6 nitrogen and oxygen atoms in total. The van der Waals surface area contributed by atoms with E-state index < -0.39 is 5.91 Å². The Morgan fingerprint density at radius 2 is 2.24 bits per heavy atom. The van der Waals surface area contributed by atoms with Crippen molar-refractivity contribution >= 4 is 12.1 Å². The van der Waals surface area contributed by atoms with Gasteiger partial charge in [-0.05, 0) is 25.1 Å². The largest absolute Gasteiger partial charge is 0.490 e. The van der Waals surface area contributed by atoms with E-state index in [0.29, 0.717) is 23.7 Å². The molecule has 0 fully saturated rings. The lowest BCUT2D eigenvalue weighted by Crippen LogP contribution is -2.20. The smallest absolute Gasteiger partial charge is 0.255 e. The van der Waals surface area contributed by atoms with Crippen LogP contribution < -0.4 is 15.2 Å². The fraction of sp³-hybridized carbons (Fsp3) is 0.273. The van der Waals surface area contributed by atoms with Crippen LogP contribution in [0.25, 0.3) is 0 Å². The second kappa shape index (κ2) is 6.37. The Labute approximate surface area is 98.6 Å². The van der Waals surface area contributed by atoms with Gasteiger partial charge in [0.1, 0.15) is 0 Å². The van der Waals surface area contributed by atoms with E-state index in [1.54, 1.807) is 18.2 Å². The summed E-state index contributed by atoms with van der Waals surface area (Å²) in [6, 6.07) is 4.92. The van der Waals surface area contributed by atoms with Gasteiger partial charge in [-0.1, -0.05) is 5.16 Å². The maximum Gasteiger partial charge on any atom is 0.255 e. The van der Waals surface area contributed by atoms with Crippen molar-refractivity contribution in [1.82, 2.24) is 0 Å². The summed E-state index contributed by atoms with van der Waals surface area (Å²) >= 11 is 0. The van der Waals surface area contributed by atoms with Crippen LogP contribution in [0.3, 0.4) is 0 Å². The number of carbonyl (C=O) groups excluding carboxylic acids is 1. The lowest BCUT2D eigenvalue weighted by molar-refractivity contribution is -0.119. The first-order valence-corrected chi connectivity index (χ1v) is 5.02. The van der Waals surface area contributed by atoms with Gasteiger partial charge in [0.05, 0.1) is 12.8 Å². The average molecular weight is 238 g/mol. The lowest BCUT2D eigenvalue weighted by Gasteiger charge is -2.11. The van der Waals surface area contributed by atoms with Crippen molar-refractivity contribution in [3.05, 3.63) is 23.8 Å². The summed E-state index contributed by atoms with van der Waals surface area (Å²) < 4.78 is 10.5. The molecule has 1 rings (SSSR count). The predicted octanol–water partition coefficient (Wildman–Crippen LogP) is 0.758. The highest BCUT2D eigenvalue weighted by Crippen LogP contribution is 2.27. The van der Waals surface area contributed by atoms with Gasteiger partial charge in [0.2, 0.25) is 0 Å². The second-order valence-electron chi connectivity index (χ2n) is 3.14. The van der Waals surface area contributed by atoms with Crippen molar-refractivity contribution < 1.29 is 19.5 Å². The Morgan fingerprint density at radius 1 is 1.47 bits per heavy atom. The van der Waals surface area contributed by atoms with Gasteiger partial charge < -0.3 is 20.4 Å². The van der Waals surface area contributed by atoms with Crippen LogP contribution in [0.15, 0.2) is 23.4 Å². The molecule has 0 heterocycles. The molecule has 0 aliphatic rings. The first kappa shape index (κ1) is 12.8. The van der Waals surface area contributed by atoms with Crippen LogP contribution >= 0.6 is 0 Å². The van der Waals surface area contributed by atoms with Gasteiger partial charge >= 0.3 is 0 Å². The van der Waals surface area contributed by atoms with Crippen molar-refractivity contribution in [3.8, 4) is 11.5 Å². The van der Waals surface area contributed by atoms with E-state index in [0.717, 1.165) is 0 Å². The quantitative estimate of drug-likeness (QED) is 0.434.